The molecular weight excluding hydrogens is 208 g/mol. The van der Waals surface area contributed by atoms with Crippen LogP contribution in [0.4, 0.5) is 0 Å². The summed E-state index contributed by atoms with van der Waals surface area (Å²) in [4.78, 5) is 2.45. The number of hydrogen-bond donors (Lipinski definition) is 1. The van der Waals surface area contributed by atoms with Crippen LogP contribution < -0.4 is 5.32 Å². The van der Waals surface area contributed by atoms with Gasteiger partial charge in [-0.05, 0) is 38.3 Å². The lowest BCUT2D eigenvalue weighted by Crippen LogP contribution is -2.46. The van der Waals surface area contributed by atoms with Gasteiger partial charge in [-0.3, -0.25) is 0 Å². The molecule has 1 aliphatic rings. The van der Waals surface area contributed by atoms with E-state index in [0.717, 1.165) is 6.04 Å². The van der Waals surface area contributed by atoms with Crippen LogP contribution in [-0.2, 0) is 0 Å². The van der Waals surface area contributed by atoms with Gasteiger partial charge in [0.25, 0.3) is 0 Å². The summed E-state index contributed by atoms with van der Waals surface area (Å²) in [6.07, 6.45) is 8.17. The van der Waals surface area contributed by atoms with E-state index in [1.54, 1.807) is 0 Å². The molecule has 0 bridgehead atoms. The Morgan fingerprint density at radius 3 is 2.71 bits per heavy atom. The molecule has 2 nitrogen and oxygen atoms in total. The van der Waals surface area contributed by atoms with Crippen LogP contribution in [0.2, 0.25) is 0 Å². The highest BCUT2D eigenvalue weighted by atomic mass is 15.1. The summed E-state index contributed by atoms with van der Waals surface area (Å²) in [5, 5.41) is 3.78. The molecule has 1 fully saturated rings. The van der Waals surface area contributed by atoms with E-state index in [-0.39, 0.29) is 0 Å². The fraction of sp³-hybridized carbons (Fsp3) is 1.00. The summed E-state index contributed by atoms with van der Waals surface area (Å²) in [5.41, 5.74) is 0.463. The van der Waals surface area contributed by atoms with Gasteiger partial charge in [-0.1, -0.05) is 40.0 Å². The minimum Gasteiger partial charge on any atom is -0.312 e. The molecule has 17 heavy (non-hydrogen) atoms. The molecule has 1 aliphatic heterocycles. The molecule has 2 heteroatoms. The summed E-state index contributed by atoms with van der Waals surface area (Å²) >= 11 is 0. The van der Waals surface area contributed by atoms with E-state index in [2.05, 4.69) is 38.0 Å². The largest absolute Gasteiger partial charge is 0.312 e. The predicted molar refractivity (Wildman–Crippen MR) is 76.4 cm³/mol. The predicted octanol–water partition coefficient (Wildman–Crippen LogP) is 3.28. The number of likely N-dealkylation sites (N-methyl/N-ethyl adjacent to an activating group) is 1. The van der Waals surface area contributed by atoms with Crippen LogP contribution in [0.15, 0.2) is 0 Å². The third-order valence-corrected chi connectivity index (χ3v) is 3.95. The molecule has 1 unspecified atom stereocenters. The van der Waals surface area contributed by atoms with Crippen molar-refractivity contribution in [1.82, 2.24) is 10.2 Å². The average Bonchev–Trinajstić information content (AvgIpc) is 2.27. The number of hydrogen-bond acceptors (Lipinski definition) is 2. The van der Waals surface area contributed by atoms with Crippen molar-refractivity contribution in [1.29, 1.82) is 0 Å². The van der Waals surface area contributed by atoms with Gasteiger partial charge in [0.05, 0.1) is 0 Å². The second kappa shape index (κ2) is 7.38. The molecule has 1 N–H and O–H groups in total. The van der Waals surface area contributed by atoms with E-state index >= 15 is 0 Å². The Morgan fingerprint density at radius 2 is 2.06 bits per heavy atom. The number of nitrogens with zero attached hydrogens (tertiary/aromatic N) is 1. The van der Waals surface area contributed by atoms with Gasteiger partial charge in [0.2, 0.25) is 0 Å². The smallest absolute Gasteiger partial charge is 0.0195 e. The molecule has 1 atom stereocenters. The van der Waals surface area contributed by atoms with E-state index in [1.165, 1.54) is 58.2 Å². The lowest BCUT2D eigenvalue weighted by Gasteiger charge is -2.33. The normalized spacial score (nSPS) is 22.9. The van der Waals surface area contributed by atoms with E-state index in [4.69, 9.17) is 0 Å². The van der Waals surface area contributed by atoms with Gasteiger partial charge >= 0.3 is 0 Å². The SMILES string of the molecule is CCCCCC(C)(C)CNC1CCCN(C)C1. The van der Waals surface area contributed by atoms with Crippen molar-refractivity contribution in [3.63, 3.8) is 0 Å². The summed E-state index contributed by atoms with van der Waals surface area (Å²) in [7, 11) is 2.24. The van der Waals surface area contributed by atoms with Crippen LogP contribution in [0.25, 0.3) is 0 Å². The van der Waals surface area contributed by atoms with Crippen molar-refractivity contribution >= 4 is 0 Å². The minimum absolute atomic E-state index is 0.463. The van der Waals surface area contributed by atoms with Gasteiger partial charge < -0.3 is 10.2 Å². The topological polar surface area (TPSA) is 15.3 Å². The molecule has 1 rings (SSSR count). The molecule has 1 saturated heterocycles. The van der Waals surface area contributed by atoms with Crippen molar-refractivity contribution in [2.24, 2.45) is 5.41 Å². The third-order valence-electron chi connectivity index (χ3n) is 3.95. The van der Waals surface area contributed by atoms with Crippen molar-refractivity contribution in [3.05, 3.63) is 0 Å². The molecule has 0 aromatic carbocycles. The standard InChI is InChI=1S/C15H32N2/c1-5-6-7-10-15(2,3)13-16-14-9-8-11-17(4)12-14/h14,16H,5-13H2,1-4H3. The molecule has 0 spiro atoms. The molecule has 102 valence electrons. The summed E-state index contributed by atoms with van der Waals surface area (Å²) in [5.74, 6) is 0. The maximum atomic E-state index is 3.78. The van der Waals surface area contributed by atoms with Crippen LogP contribution in [0.1, 0.15) is 59.3 Å². The van der Waals surface area contributed by atoms with E-state index < -0.39 is 0 Å². The first-order valence-electron chi connectivity index (χ1n) is 7.45. The van der Waals surface area contributed by atoms with Crippen molar-refractivity contribution < 1.29 is 0 Å². The zero-order valence-corrected chi connectivity index (χ0v) is 12.4. The maximum Gasteiger partial charge on any atom is 0.0195 e. The fourth-order valence-electron chi connectivity index (χ4n) is 2.70. The monoisotopic (exact) mass is 240 g/mol. The molecule has 0 aliphatic carbocycles. The van der Waals surface area contributed by atoms with Crippen molar-refractivity contribution in [2.45, 2.75) is 65.3 Å². The molecule has 1 heterocycles. The molecular formula is C15H32N2. The van der Waals surface area contributed by atoms with Crippen LogP contribution in [-0.4, -0.2) is 37.6 Å². The number of unbranched alkanes of at least 4 members (excludes halogenated alkanes) is 2. The van der Waals surface area contributed by atoms with Crippen LogP contribution in [0.3, 0.4) is 0 Å². The molecule has 0 amide bonds. The van der Waals surface area contributed by atoms with Crippen LogP contribution >= 0.6 is 0 Å². The zero-order valence-electron chi connectivity index (χ0n) is 12.4. The van der Waals surface area contributed by atoms with Gasteiger partial charge in [0.1, 0.15) is 0 Å². The summed E-state index contributed by atoms with van der Waals surface area (Å²) < 4.78 is 0. The third kappa shape index (κ3) is 6.42. The summed E-state index contributed by atoms with van der Waals surface area (Å²) in [6, 6.07) is 0.721. The second-order valence-electron chi connectivity index (χ2n) is 6.60. The number of piperidine rings is 1. The Balaban J connectivity index is 2.18. The van der Waals surface area contributed by atoms with E-state index in [0.29, 0.717) is 5.41 Å². The van der Waals surface area contributed by atoms with E-state index in [1.807, 2.05) is 0 Å². The van der Waals surface area contributed by atoms with Gasteiger partial charge in [0, 0.05) is 19.1 Å². The quantitative estimate of drug-likeness (QED) is 0.687. The summed E-state index contributed by atoms with van der Waals surface area (Å²) in [6.45, 7) is 10.8. The molecule has 0 radical (unpaired) electrons. The second-order valence-corrected chi connectivity index (χ2v) is 6.60. The Bertz CT molecular complexity index is 201. The van der Waals surface area contributed by atoms with Gasteiger partial charge in [-0.2, -0.15) is 0 Å². The first kappa shape index (κ1) is 15.0. The molecule has 0 saturated carbocycles. The Kier molecular flexibility index (Phi) is 6.50. The maximum absolute atomic E-state index is 3.78. The number of likely N-dealkylation sites (tertiary alicyclic amines) is 1. The highest BCUT2D eigenvalue weighted by Gasteiger charge is 2.21. The zero-order chi connectivity index (χ0) is 12.7. The highest BCUT2D eigenvalue weighted by molar-refractivity contribution is 4.80. The molecule has 0 aromatic heterocycles. The Hall–Kier alpha value is -0.0800. The Labute approximate surface area is 108 Å². The lowest BCUT2D eigenvalue weighted by atomic mass is 9.86. The highest BCUT2D eigenvalue weighted by Crippen LogP contribution is 2.23. The first-order chi connectivity index (χ1) is 8.03. The van der Waals surface area contributed by atoms with Gasteiger partial charge in [0.15, 0.2) is 0 Å². The minimum atomic E-state index is 0.463. The first-order valence-corrected chi connectivity index (χ1v) is 7.45. The Morgan fingerprint density at radius 1 is 1.29 bits per heavy atom. The average molecular weight is 240 g/mol. The van der Waals surface area contributed by atoms with Crippen molar-refractivity contribution in [2.75, 3.05) is 26.7 Å². The lowest BCUT2D eigenvalue weighted by molar-refractivity contribution is 0.204. The van der Waals surface area contributed by atoms with Crippen molar-refractivity contribution in [3.8, 4) is 0 Å². The molecule has 0 aromatic rings. The number of nitrogens with one attached hydrogen (secondary N) is 1. The van der Waals surface area contributed by atoms with Crippen LogP contribution in [0.5, 0.6) is 0 Å². The van der Waals surface area contributed by atoms with E-state index in [9.17, 15) is 0 Å². The number of rotatable bonds is 7. The van der Waals surface area contributed by atoms with Gasteiger partial charge in [-0.25, -0.2) is 0 Å². The van der Waals surface area contributed by atoms with Crippen LogP contribution in [0, 0.1) is 5.41 Å². The van der Waals surface area contributed by atoms with Gasteiger partial charge in [-0.15, -0.1) is 0 Å². The fourth-order valence-corrected chi connectivity index (χ4v) is 2.70.